The molecule has 0 fully saturated rings. The molecule has 0 aliphatic heterocycles. The van der Waals surface area contributed by atoms with Crippen LogP contribution in [0.3, 0.4) is 0 Å². The fourth-order valence-corrected chi connectivity index (χ4v) is 0.902. The van der Waals surface area contributed by atoms with Crippen LogP contribution in [0.2, 0.25) is 0 Å². The lowest BCUT2D eigenvalue weighted by Crippen LogP contribution is -2.23. The summed E-state index contributed by atoms with van der Waals surface area (Å²) in [5, 5.41) is 0. The van der Waals surface area contributed by atoms with Crippen LogP contribution in [-0.2, 0) is 4.84 Å². The van der Waals surface area contributed by atoms with Crippen LogP contribution in [0.1, 0.15) is 21.7 Å². The highest BCUT2D eigenvalue weighted by Crippen LogP contribution is 2.04. The van der Waals surface area contributed by atoms with Crippen LogP contribution in [0.5, 0.6) is 0 Å². The van der Waals surface area contributed by atoms with Crippen molar-refractivity contribution in [3.8, 4) is 0 Å². The van der Waals surface area contributed by atoms with Crippen molar-refractivity contribution >= 4 is 5.91 Å². The second-order valence-corrected chi connectivity index (χ2v) is 2.73. The molecule has 0 spiro atoms. The van der Waals surface area contributed by atoms with Gasteiger partial charge in [0.25, 0.3) is 5.91 Å². The molecule has 0 saturated heterocycles. The minimum atomic E-state index is -0.328. The molecule has 0 aromatic carbocycles. The maximum atomic E-state index is 11.2. The maximum absolute atomic E-state index is 11.2. The minimum absolute atomic E-state index is 0.328. The minimum Gasteiger partial charge on any atom is -0.277 e. The SMILES string of the molecule is CONC(=O)c1ccc(C)c(C)n1. The summed E-state index contributed by atoms with van der Waals surface area (Å²) in [6, 6.07) is 3.52. The van der Waals surface area contributed by atoms with E-state index in [2.05, 4.69) is 15.3 Å². The van der Waals surface area contributed by atoms with E-state index in [9.17, 15) is 4.79 Å². The van der Waals surface area contributed by atoms with Crippen molar-refractivity contribution < 1.29 is 9.63 Å². The first-order valence-electron chi connectivity index (χ1n) is 3.92. The van der Waals surface area contributed by atoms with Crippen molar-refractivity contribution in [2.45, 2.75) is 13.8 Å². The Morgan fingerprint density at radius 2 is 2.15 bits per heavy atom. The maximum Gasteiger partial charge on any atom is 0.293 e. The van der Waals surface area contributed by atoms with Crippen molar-refractivity contribution in [1.29, 1.82) is 0 Å². The molecule has 0 unspecified atom stereocenters. The second kappa shape index (κ2) is 4.00. The number of aromatic nitrogens is 1. The quantitative estimate of drug-likeness (QED) is 0.690. The highest BCUT2D eigenvalue weighted by Gasteiger charge is 2.06. The Bertz CT molecular complexity index is 323. The van der Waals surface area contributed by atoms with E-state index >= 15 is 0 Å². The predicted octanol–water partition coefficient (Wildman–Crippen LogP) is 0.990. The van der Waals surface area contributed by atoms with E-state index in [-0.39, 0.29) is 5.91 Å². The van der Waals surface area contributed by atoms with E-state index < -0.39 is 0 Å². The number of hydrogen-bond donors (Lipinski definition) is 1. The third kappa shape index (κ3) is 2.26. The molecular formula is C9H12N2O2. The number of aryl methyl sites for hydroxylation is 2. The van der Waals surface area contributed by atoms with Crippen LogP contribution < -0.4 is 5.48 Å². The van der Waals surface area contributed by atoms with Crippen molar-refractivity contribution in [2.75, 3.05) is 7.11 Å². The standard InChI is InChI=1S/C9H12N2O2/c1-6-4-5-8(10-7(6)2)9(12)11-13-3/h4-5H,1-3H3,(H,11,12). The van der Waals surface area contributed by atoms with Gasteiger partial charge in [0.15, 0.2) is 0 Å². The molecule has 70 valence electrons. The lowest BCUT2D eigenvalue weighted by molar-refractivity contribution is 0.0532. The molecule has 0 atom stereocenters. The number of amides is 1. The van der Waals surface area contributed by atoms with Gasteiger partial charge in [0.05, 0.1) is 7.11 Å². The average Bonchev–Trinajstić information content (AvgIpc) is 2.10. The van der Waals surface area contributed by atoms with Gasteiger partial charge in [-0.2, -0.15) is 0 Å². The number of pyridine rings is 1. The second-order valence-electron chi connectivity index (χ2n) is 2.73. The van der Waals surface area contributed by atoms with Gasteiger partial charge in [-0.1, -0.05) is 6.07 Å². The van der Waals surface area contributed by atoms with E-state index in [1.807, 2.05) is 19.9 Å². The van der Waals surface area contributed by atoms with Crippen LogP contribution >= 0.6 is 0 Å². The van der Waals surface area contributed by atoms with Gasteiger partial charge >= 0.3 is 0 Å². The number of carbonyl (C=O) groups excluding carboxylic acids is 1. The fraction of sp³-hybridized carbons (Fsp3) is 0.333. The predicted molar refractivity (Wildman–Crippen MR) is 48.2 cm³/mol. The molecule has 1 heterocycles. The summed E-state index contributed by atoms with van der Waals surface area (Å²) in [6.45, 7) is 3.80. The molecule has 13 heavy (non-hydrogen) atoms. The first-order chi connectivity index (χ1) is 6.15. The Kier molecular flexibility index (Phi) is 2.97. The fourth-order valence-electron chi connectivity index (χ4n) is 0.902. The van der Waals surface area contributed by atoms with Crippen LogP contribution in [0.25, 0.3) is 0 Å². The first-order valence-corrected chi connectivity index (χ1v) is 3.92. The largest absolute Gasteiger partial charge is 0.293 e. The normalized spacial score (nSPS) is 9.77. The molecule has 1 rings (SSSR count). The van der Waals surface area contributed by atoms with Crippen LogP contribution in [0.15, 0.2) is 12.1 Å². The monoisotopic (exact) mass is 180 g/mol. The summed E-state index contributed by atoms with van der Waals surface area (Å²) in [6.07, 6.45) is 0. The molecule has 4 nitrogen and oxygen atoms in total. The van der Waals surface area contributed by atoms with Crippen LogP contribution in [-0.4, -0.2) is 18.0 Å². The van der Waals surface area contributed by atoms with Crippen LogP contribution in [0.4, 0.5) is 0 Å². The van der Waals surface area contributed by atoms with E-state index in [1.54, 1.807) is 6.07 Å². The molecule has 0 radical (unpaired) electrons. The molecule has 0 bridgehead atoms. The molecular weight excluding hydrogens is 168 g/mol. The summed E-state index contributed by atoms with van der Waals surface area (Å²) < 4.78 is 0. The van der Waals surface area contributed by atoms with Crippen molar-refractivity contribution in [1.82, 2.24) is 10.5 Å². The molecule has 1 aromatic heterocycles. The molecule has 4 heteroatoms. The third-order valence-electron chi connectivity index (χ3n) is 1.78. The van der Waals surface area contributed by atoms with Gasteiger partial charge in [-0.05, 0) is 25.5 Å². The van der Waals surface area contributed by atoms with E-state index in [4.69, 9.17) is 0 Å². The molecule has 1 aromatic rings. The number of nitrogens with one attached hydrogen (secondary N) is 1. The highest BCUT2D eigenvalue weighted by atomic mass is 16.6. The van der Waals surface area contributed by atoms with Crippen molar-refractivity contribution in [3.05, 3.63) is 29.1 Å². The lowest BCUT2D eigenvalue weighted by atomic mass is 10.2. The smallest absolute Gasteiger partial charge is 0.277 e. The third-order valence-corrected chi connectivity index (χ3v) is 1.78. The Hall–Kier alpha value is -1.42. The van der Waals surface area contributed by atoms with E-state index in [1.165, 1.54) is 7.11 Å². The van der Waals surface area contributed by atoms with E-state index in [0.717, 1.165) is 11.3 Å². The van der Waals surface area contributed by atoms with E-state index in [0.29, 0.717) is 5.69 Å². The molecule has 0 aliphatic rings. The van der Waals surface area contributed by atoms with Gasteiger partial charge in [0, 0.05) is 5.69 Å². The van der Waals surface area contributed by atoms with Gasteiger partial charge in [-0.25, -0.2) is 10.5 Å². The Labute approximate surface area is 76.9 Å². The van der Waals surface area contributed by atoms with Crippen LogP contribution in [0, 0.1) is 13.8 Å². The Morgan fingerprint density at radius 1 is 1.46 bits per heavy atom. The zero-order chi connectivity index (χ0) is 9.84. The molecule has 1 N–H and O–H groups in total. The first kappa shape index (κ1) is 9.67. The summed E-state index contributed by atoms with van der Waals surface area (Å²) in [7, 11) is 1.39. The number of hydrogen-bond acceptors (Lipinski definition) is 3. The lowest BCUT2D eigenvalue weighted by Gasteiger charge is -2.03. The molecule has 1 amide bonds. The zero-order valence-electron chi connectivity index (χ0n) is 7.92. The van der Waals surface area contributed by atoms with Gasteiger partial charge in [0.2, 0.25) is 0 Å². The Balaban J connectivity index is 2.90. The summed E-state index contributed by atoms with van der Waals surface area (Å²) in [4.78, 5) is 19.8. The van der Waals surface area contributed by atoms with Gasteiger partial charge in [-0.3, -0.25) is 9.63 Å². The summed E-state index contributed by atoms with van der Waals surface area (Å²) >= 11 is 0. The molecule has 0 aliphatic carbocycles. The topological polar surface area (TPSA) is 51.2 Å². The van der Waals surface area contributed by atoms with Gasteiger partial charge in [0.1, 0.15) is 5.69 Å². The van der Waals surface area contributed by atoms with Crippen molar-refractivity contribution in [3.63, 3.8) is 0 Å². The highest BCUT2D eigenvalue weighted by molar-refractivity contribution is 5.91. The zero-order valence-corrected chi connectivity index (χ0v) is 7.92. The summed E-state index contributed by atoms with van der Waals surface area (Å²) in [5.41, 5.74) is 4.49. The summed E-state index contributed by atoms with van der Waals surface area (Å²) in [5.74, 6) is -0.328. The van der Waals surface area contributed by atoms with Gasteiger partial charge in [-0.15, -0.1) is 0 Å². The average molecular weight is 180 g/mol. The van der Waals surface area contributed by atoms with Gasteiger partial charge < -0.3 is 0 Å². The number of carbonyl (C=O) groups is 1. The number of rotatable bonds is 2. The Morgan fingerprint density at radius 3 is 2.69 bits per heavy atom. The number of hydroxylamine groups is 1. The van der Waals surface area contributed by atoms with Crippen molar-refractivity contribution in [2.24, 2.45) is 0 Å². The number of nitrogens with zero attached hydrogens (tertiary/aromatic N) is 1. The molecule has 0 saturated carbocycles.